The van der Waals surface area contributed by atoms with Crippen LogP contribution in [0.15, 0.2) is 24.3 Å². The lowest BCUT2D eigenvalue weighted by molar-refractivity contribution is -0.116. The normalized spacial score (nSPS) is 17.1. The summed E-state index contributed by atoms with van der Waals surface area (Å²) in [6, 6.07) is 8.43. The molecule has 1 aromatic carbocycles. The van der Waals surface area contributed by atoms with Crippen molar-refractivity contribution in [3.63, 3.8) is 0 Å². The fraction of sp³-hybridized carbons (Fsp3) is 0.480. The van der Waals surface area contributed by atoms with Crippen LogP contribution in [0.5, 0.6) is 0 Å². The maximum absolute atomic E-state index is 13.0. The van der Waals surface area contributed by atoms with Crippen LogP contribution in [0.3, 0.4) is 0 Å². The summed E-state index contributed by atoms with van der Waals surface area (Å²) in [5, 5.41) is 14.4. The second-order valence-electron chi connectivity index (χ2n) is 9.14. The Balaban J connectivity index is 1.41. The zero-order chi connectivity index (χ0) is 24.5. The van der Waals surface area contributed by atoms with Gasteiger partial charge in [0.25, 0.3) is 0 Å². The van der Waals surface area contributed by atoms with Gasteiger partial charge in [0.05, 0.1) is 29.5 Å². The van der Waals surface area contributed by atoms with Crippen molar-refractivity contribution in [2.45, 2.75) is 51.7 Å². The van der Waals surface area contributed by atoms with Crippen LogP contribution in [-0.4, -0.2) is 70.3 Å². The molecule has 1 fully saturated rings. The van der Waals surface area contributed by atoms with Crippen molar-refractivity contribution < 1.29 is 19.4 Å². The highest BCUT2D eigenvalue weighted by Gasteiger charge is 2.33. The lowest BCUT2D eigenvalue weighted by atomic mass is 10.0. The van der Waals surface area contributed by atoms with Crippen molar-refractivity contribution >= 4 is 49.9 Å². The number of thiazole rings is 1. The number of carboxylic acid groups (broad SMARTS) is 1. The number of nitrogens with zero attached hydrogens (tertiary/aromatic N) is 3. The van der Waals surface area contributed by atoms with E-state index in [1.807, 2.05) is 32.0 Å². The number of rotatable bonds is 8. The summed E-state index contributed by atoms with van der Waals surface area (Å²) in [5.41, 5.74) is 3.26. The Labute approximate surface area is 212 Å². The molecule has 2 aromatic heterocycles. The number of carbonyl (C=O) groups excluding carboxylic acids is 1. The topological polar surface area (TPSA) is 95.0 Å². The molecule has 2 amide bonds. The van der Waals surface area contributed by atoms with Crippen LogP contribution in [0.2, 0.25) is 0 Å². The first-order valence-electron chi connectivity index (χ1n) is 12.1. The summed E-state index contributed by atoms with van der Waals surface area (Å²) < 4.78 is 6.52. The summed E-state index contributed by atoms with van der Waals surface area (Å²) in [6.07, 6.45) is 0.735. The van der Waals surface area contributed by atoms with Gasteiger partial charge in [-0.15, -0.1) is 22.7 Å². The predicted molar refractivity (Wildman–Crippen MR) is 139 cm³/mol. The molecule has 0 bridgehead atoms. The molecule has 1 saturated heterocycles. The highest BCUT2D eigenvalue weighted by Crippen LogP contribution is 2.46. The average molecular weight is 515 g/mol. The molecule has 8 nitrogen and oxygen atoms in total. The minimum absolute atomic E-state index is 0.115. The van der Waals surface area contributed by atoms with E-state index >= 15 is 0 Å². The van der Waals surface area contributed by atoms with Crippen LogP contribution < -0.4 is 5.32 Å². The van der Waals surface area contributed by atoms with E-state index < -0.39 is 6.09 Å². The number of para-hydroxylation sites is 1. The van der Waals surface area contributed by atoms with Gasteiger partial charge >= 0.3 is 6.09 Å². The van der Waals surface area contributed by atoms with Crippen LogP contribution in [-0.2, 0) is 22.5 Å². The van der Waals surface area contributed by atoms with E-state index in [1.54, 1.807) is 22.7 Å². The standard InChI is InChI=1S/C25H30N4O4S2/c1-3-15(2)29(25(31)32)11-9-21(30)27-24-22(23-26-18-6-4-5-7-19(18)34-23)17-8-10-28(12-20(17)35-24)16-13-33-14-16/h4-7,15-16H,3,8-14H2,1-2H3,(H,27,30)(H,31,32). The Hall–Kier alpha value is -2.53. The van der Waals surface area contributed by atoms with Crippen molar-refractivity contribution in [2.24, 2.45) is 0 Å². The monoisotopic (exact) mass is 514 g/mol. The van der Waals surface area contributed by atoms with E-state index in [4.69, 9.17) is 9.72 Å². The van der Waals surface area contributed by atoms with E-state index in [-0.39, 0.29) is 24.9 Å². The molecular formula is C25H30N4O4S2. The predicted octanol–water partition coefficient (Wildman–Crippen LogP) is 4.89. The molecule has 0 saturated carbocycles. The van der Waals surface area contributed by atoms with Gasteiger partial charge in [-0.1, -0.05) is 19.1 Å². The van der Waals surface area contributed by atoms with Gasteiger partial charge in [-0.3, -0.25) is 9.69 Å². The molecule has 3 aromatic rings. The van der Waals surface area contributed by atoms with E-state index in [9.17, 15) is 14.7 Å². The van der Waals surface area contributed by atoms with Crippen LogP contribution in [0.1, 0.15) is 37.1 Å². The molecule has 186 valence electrons. The van der Waals surface area contributed by atoms with Crippen LogP contribution >= 0.6 is 22.7 Å². The number of thiophene rings is 1. The first-order chi connectivity index (χ1) is 16.9. The van der Waals surface area contributed by atoms with Crippen LogP contribution in [0.25, 0.3) is 20.8 Å². The highest BCUT2D eigenvalue weighted by atomic mass is 32.1. The van der Waals surface area contributed by atoms with Crippen molar-refractivity contribution in [1.82, 2.24) is 14.8 Å². The molecule has 4 heterocycles. The number of ether oxygens (including phenoxy) is 1. The number of hydrogen-bond donors (Lipinski definition) is 2. The molecule has 2 aliphatic heterocycles. The second-order valence-corrected chi connectivity index (χ2v) is 11.3. The van der Waals surface area contributed by atoms with Crippen LogP contribution in [0, 0.1) is 0 Å². The molecule has 2 aliphatic rings. The maximum Gasteiger partial charge on any atom is 0.407 e. The summed E-state index contributed by atoms with van der Waals surface area (Å²) in [4.78, 5) is 34.6. The van der Waals surface area contributed by atoms with Gasteiger partial charge in [-0.2, -0.15) is 0 Å². The molecule has 1 atom stereocenters. The fourth-order valence-electron chi connectivity index (χ4n) is 4.60. The van der Waals surface area contributed by atoms with Gasteiger partial charge in [-0.25, -0.2) is 9.78 Å². The minimum Gasteiger partial charge on any atom is -0.465 e. The zero-order valence-electron chi connectivity index (χ0n) is 20.0. The Kier molecular flexibility index (Phi) is 7.06. The van der Waals surface area contributed by atoms with Gasteiger partial charge < -0.3 is 20.1 Å². The zero-order valence-corrected chi connectivity index (χ0v) is 21.6. The number of hydrogen-bond acceptors (Lipinski definition) is 7. The Morgan fingerprint density at radius 1 is 1.31 bits per heavy atom. The summed E-state index contributed by atoms with van der Waals surface area (Å²) >= 11 is 3.27. The molecule has 1 unspecified atom stereocenters. The number of fused-ring (bicyclic) bond motifs is 2. The third-order valence-corrected chi connectivity index (χ3v) is 9.12. The summed E-state index contributed by atoms with van der Waals surface area (Å²) in [7, 11) is 0. The number of aromatic nitrogens is 1. The van der Waals surface area contributed by atoms with Crippen molar-refractivity contribution in [3.05, 3.63) is 34.7 Å². The first kappa shape index (κ1) is 24.2. The van der Waals surface area contributed by atoms with Crippen LogP contribution in [0.4, 0.5) is 9.80 Å². The fourth-order valence-corrected chi connectivity index (χ4v) is 7.00. The minimum atomic E-state index is -0.992. The van der Waals surface area contributed by atoms with Gasteiger partial charge in [0.1, 0.15) is 10.0 Å². The third-order valence-electron chi connectivity index (χ3n) is 6.93. The van der Waals surface area contributed by atoms with Crippen molar-refractivity contribution in [1.29, 1.82) is 0 Å². The molecular weight excluding hydrogens is 484 g/mol. The lowest BCUT2D eigenvalue weighted by Crippen LogP contribution is -2.50. The largest absolute Gasteiger partial charge is 0.465 e. The van der Waals surface area contributed by atoms with Crippen molar-refractivity contribution in [2.75, 3.05) is 31.6 Å². The van der Waals surface area contributed by atoms with E-state index in [1.165, 1.54) is 15.3 Å². The third kappa shape index (κ3) is 4.93. The SMILES string of the molecule is CCC(C)N(CCC(=O)Nc1sc2c(c1-c1nc3ccccc3s1)CCN(C1COC1)C2)C(=O)O. The van der Waals surface area contributed by atoms with Gasteiger partial charge in [-0.05, 0) is 37.5 Å². The van der Waals surface area contributed by atoms with E-state index in [0.29, 0.717) is 12.5 Å². The van der Waals surface area contributed by atoms with Gasteiger partial charge in [0.2, 0.25) is 5.91 Å². The molecule has 35 heavy (non-hydrogen) atoms. The molecule has 0 aliphatic carbocycles. The lowest BCUT2D eigenvalue weighted by Gasteiger charge is -2.39. The molecule has 5 rings (SSSR count). The number of anilines is 1. The van der Waals surface area contributed by atoms with Gasteiger partial charge in [0, 0.05) is 42.5 Å². The Morgan fingerprint density at radius 2 is 2.11 bits per heavy atom. The van der Waals surface area contributed by atoms with E-state index in [0.717, 1.165) is 58.5 Å². The number of nitrogens with one attached hydrogen (secondary N) is 1. The highest BCUT2D eigenvalue weighted by molar-refractivity contribution is 7.22. The molecule has 2 N–H and O–H groups in total. The quantitative estimate of drug-likeness (QED) is 0.445. The van der Waals surface area contributed by atoms with E-state index in [2.05, 4.69) is 16.3 Å². The Morgan fingerprint density at radius 3 is 2.80 bits per heavy atom. The summed E-state index contributed by atoms with van der Waals surface area (Å²) in [5.74, 6) is -0.176. The Bertz CT molecular complexity index is 1200. The van der Waals surface area contributed by atoms with Gasteiger partial charge in [0.15, 0.2) is 0 Å². The number of amides is 2. The maximum atomic E-state index is 13.0. The number of carbonyl (C=O) groups is 2. The molecule has 10 heteroatoms. The summed E-state index contributed by atoms with van der Waals surface area (Å²) in [6.45, 7) is 7.36. The molecule has 0 radical (unpaired) electrons. The average Bonchev–Trinajstić information content (AvgIpc) is 3.37. The smallest absolute Gasteiger partial charge is 0.407 e. The molecule has 0 spiro atoms. The second kappa shape index (κ2) is 10.2. The van der Waals surface area contributed by atoms with Crippen molar-refractivity contribution in [3.8, 4) is 10.6 Å². The first-order valence-corrected chi connectivity index (χ1v) is 13.7. The number of benzene rings is 1.